The van der Waals surface area contributed by atoms with Crippen LogP contribution in [0, 0.1) is 0 Å². The summed E-state index contributed by atoms with van der Waals surface area (Å²) in [5.41, 5.74) is 0.890. The molecule has 0 bridgehead atoms. The van der Waals surface area contributed by atoms with Crippen molar-refractivity contribution in [3.05, 3.63) is 35.9 Å². The molecule has 1 atom stereocenters. The Balaban J connectivity index is 2.19. The van der Waals surface area contributed by atoms with E-state index in [1.54, 1.807) is 0 Å². The Morgan fingerprint density at radius 2 is 1.80 bits per heavy atom. The van der Waals surface area contributed by atoms with Gasteiger partial charge in [-0.1, -0.05) is 30.3 Å². The number of nitrogens with zero attached hydrogens (tertiary/aromatic N) is 1. The molecule has 2 rings (SSSR count). The summed E-state index contributed by atoms with van der Waals surface area (Å²) >= 11 is 0. The van der Waals surface area contributed by atoms with Gasteiger partial charge in [-0.3, -0.25) is 10.1 Å². The van der Waals surface area contributed by atoms with Crippen molar-refractivity contribution >= 4 is 5.91 Å². The second kappa shape index (κ2) is 6.37. The van der Waals surface area contributed by atoms with Crippen LogP contribution in [0.15, 0.2) is 30.3 Å². The second-order valence-electron chi connectivity index (χ2n) is 6.18. The fraction of sp³-hybridized carbons (Fsp3) is 0.562. The summed E-state index contributed by atoms with van der Waals surface area (Å²) in [5, 5.41) is 3.44. The van der Waals surface area contributed by atoms with Gasteiger partial charge in [0.25, 0.3) is 0 Å². The van der Waals surface area contributed by atoms with Gasteiger partial charge in [-0.15, -0.1) is 0 Å². The zero-order chi connectivity index (χ0) is 14.6. The van der Waals surface area contributed by atoms with Crippen molar-refractivity contribution in [2.75, 3.05) is 26.3 Å². The first-order chi connectivity index (χ1) is 9.47. The first kappa shape index (κ1) is 15.0. The van der Waals surface area contributed by atoms with Gasteiger partial charge in [0, 0.05) is 18.6 Å². The van der Waals surface area contributed by atoms with Crippen LogP contribution in [0.5, 0.6) is 0 Å². The van der Waals surface area contributed by atoms with Gasteiger partial charge in [0.1, 0.15) is 6.04 Å². The van der Waals surface area contributed by atoms with Crippen LogP contribution in [0.4, 0.5) is 0 Å². The lowest BCUT2D eigenvalue weighted by molar-refractivity contribution is -0.138. The van der Waals surface area contributed by atoms with Crippen molar-refractivity contribution in [2.45, 2.75) is 32.4 Å². The molecule has 0 saturated carbocycles. The molecule has 20 heavy (non-hydrogen) atoms. The summed E-state index contributed by atoms with van der Waals surface area (Å²) in [6, 6.07) is 9.62. The maximum absolute atomic E-state index is 12.8. The summed E-state index contributed by atoms with van der Waals surface area (Å²) in [6.45, 7) is 8.84. The predicted octanol–water partition coefficient (Wildman–Crippen LogP) is 1.97. The summed E-state index contributed by atoms with van der Waals surface area (Å²) in [6.07, 6.45) is 0. The van der Waals surface area contributed by atoms with Gasteiger partial charge in [-0.2, -0.15) is 0 Å². The molecule has 1 amide bonds. The highest BCUT2D eigenvalue weighted by atomic mass is 16.5. The molecule has 4 heteroatoms. The largest absolute Gasteiger partial charge is 0.378 e. The second-order valence-corrected chi connectivity index (χ2v) is 6.18. The first-order valence-corrected chi connectivity index (χ1v) is 7.16. The van der Waals surface area contributed by atoms with Gasteiger partial charge in [0.2, 0.25) is 5.91 Å². The molecule has 0 spiro atoms. The minimum absolute atomic E-state index is 0.123. The van der Waals surface area contributed by atoms with Crippen molar-refractivity contribution in [2.24, 2.45) is 0 Å². The number of carbonyl (C=O) groups excluding carboxylic acids is 1. The molecule has 0 radical (unpaired) electrons. The summed E-state index contributed by atoms with van der Waals surface area (Å²) in [5.74, 6) is 0.134. The Morgan fingerprint density at radius 3 is 2.35 bits per heavy atom. The van der Waals surface area contributed by atoms with E-state index in [0.717, 1.165) is 5.56 Å². The topological polar surface area (TPSA) is 41.6 Å². The third-order valence-corrected chi connectivity index (χ3v) is 3.28. The number of benzene rings is 1. The summed E-state index contributed by atoms with van der Waals surface area (Å²) in [7, 11) is 0. The maximum atomic E-state index is 12.8. The van der Waals surface area contributed by atoms with Crippen molar-refractivity contribution in [1.29, 1.82) is 0 Å². The van der Waals surface area contributed by atoms with Gasteiger partial charge in [-0.05, 0) is 26.3 Å². The lowest BCUT2D eigenvalue weighted by Crippen LogP contribution is -2.50. The molecular weight excluding hydrogens is 252 g/mol. The molecule has 1 aliphatic heterocycles. The number of nitrogens with one attached hydrogen (secondary N) is 1. The average Bonchev–Trinajstić information content (AvgIpc) is 2.45. The SMILES string of the molecule is CC(C)(C)NC(C(=O)N1CCOCC1)c1ccccc1. The minimum atomic E-state index is -0.297. The summed E-state index contributed by atoms with van der Waals surface area (Å²) < 4.78 is 5.32. The molecule has 1 heterocycles. The van der Waals surface area contributed by atoms with E-state index in [-0.39, 0.29) is 17.5 Å². The van der Waals surface area contributed by atoms with E-state index in [0.29, 0.717) is 26.3 Å². The zero-order valence-corrected chi connectivity index (χ0v) is 12.6. The van der Waals surface area contributed by atoms with E-state index in [4.69, 9.17) is 4.74 Å². The van der Waals surface area contributed by atoms with Gasteiger partial charge in [-0.25, -0.2) is 0 Å². The summed E-state index contributed by atoms with van der Waals surface area (Å²) in [4.78, 5) is 14.7. The van der Waals surface area contributed by atoms with Gasteiger partial charge in [0.15, 0.2) is 0 Å². The average molecular weight is 276 g/mol. The molecule has 1 aromatic carbocycles. The third kappa shape index (κ3) is 4.05. The highest BCUT2D eigenvalue weighted by molar-refractivity contribution is 5.83. The van der Waals surface area contributed by atoms with E-state index >= 15 is 0 Å². The smallest absolute Gasteiger partial charge is 0.244 e. The Kier molecular flexibility index (Phi) is 4.78. The lowest BCUT2D eigenvalue weighted by atomic mass is 10.0. The normalized spacial score (nSPS) is 17.9. The Bertz CT molecular complexity index is 434. The lowest BCUT2D eigenvalue weighted by Gasteiger charge is -2.34. The fourth-order valence-corrected chi connectivity index (χ4v) is 2.33. The third-order valence-electron chi connectivity index (χ3n) is 3.28. The molecule has 1 unspecified atom stereocenters. The zero-order valence-electron chi connectivity index (χ0n) is 12.6. The first-order valence-electron chi connectivity index (χ1n) is 7.16. The molecule has 110 valence electrons. The maximum Gasteiger partial charge on any atom is 0.244 e. The van der Waals surface area contributed by atoms with Crippen LogP contribution in [0.3, 0.4) is 0 Å². The quantitative estimate of drug-likeness (QED) is 0.918. The molecule has 1 fully saturated rings. The molecule has 1 saturated heterocycles. The fourth-order valence-electron chi connectivity index (χ4n) is 2.33. The molecule has 1 aromatic rings. The van der Waals surface area contributed by atoms with Crippen molar-refractivity contribution in [3.63, 3.8) is 0 Å². The molecular formula is C16H24N2O2. The Labute approximate surface area is 121 Å². The molecule has 1 aliphatic rings. The van der Waals surface area contributed by atoms with Crippen LogP contribution in [-0.2, 0) is 9.53 Å². The number of amides is 1. The standard InChI is InChI=1S/C16H24N2O2/c1-16(2,3)17-14(13-7-5-4-6-8-13)15(19)18-9-11-20-12-10-18/h4-8,14,17H,9-12H2,1-3H3. The number of carbonyl (C=O) groups is 1. The molecule has 4 nitrogen and oxygen atoms in total. The highest BCUT2D eigenvalue weighted by Crippen LogP contribution is 2.20. The number of hydrogen-bond donors (Lipinski definition) is 1. The Morgan fingerprint density at radius 1 is 1.20 bits per heavy atom. The van der Waals surface area contributed by atoms with Crippen LogP contribution in [0.1, 0.15) is 32.4 Å². The monoisotopic (exact) mass is 276 g/mol. The van der Waals surface area contributed by atoms with E-state index in [2.05, 4.69) is 26.1 Å². The number of hydrogen-bond acceptors (Lipinski definition) is 3. The minimum Gasteiger partial charge on any atom is -0.378 e. The molecule has 1 N–H and O–H groups in total. The molecule has 0 aromatic heterocycles. The highest BCUT2D eigenvalue weighted by Gasteiger charge is 2.29. The van der Waals surface area contributed by atoms with Gasteiger partial charge < -0.3 is 9.64 Å². The predicted molar refractivity (Wildman–Crippen MR) is 79.5 cm³/mol. The number of rotatable bonds is 3. The van der Waals surface area contributed by atoms with Crippen LogP contribution in [0.2, 0.25) is 0 Å². The van der Waals surface area contributed by atoms with Crippen molar-refractivity contribution < 1.29 is 9.53 Å². The van der Waals surface area contributed by atoms with E-state index in [1.807, 2.05) is 35.2 Å². The van der Waals surface area contributed by atoms with Crippen molar-refractivity contribution in [1.82, 2.24) is 10.2 Å². The van der Waals surface area contributed by atoms with E-state index < -0.39 is 0 Å². The number of ether oxygens (including phenoxy) is 1. The number of morpholine rings is 1. The Hall–Kier alpha value is -1.39. The van der Waals surface area contributed by atoms with Crippen LogP contribution < -0.4 is 5.32 Å². The van der Waals surface area contributed by atoms with Gasteiger partial charge in [0.05, 0.1) is 13.2 Å². The van der Waals surface area contributed by atoms with Gasteiger partial charge >= 0.3 is 0 Å². The van der Waals surface area contributed by atoms with Crippen molar-refractivity contribution in [3.8, 4) is 0 Å². The van der Waals surface area contributed by atoms with E-state index in [9.17, 15) is 4.79 Å². The van der Waals surface area contributed by atoms with Crippen LogP contribution in [-0.4, -0.2) is 42.6 Å². The van der Waals surface area contributed by atoms with Crippen LogP contribution >= 0.6 is 0 Å². The van der Waals surface area contributed by atoms with E-state index in [1.165, 1.54) is 0 Å². The molecule has 0 aliphatic carbocycles. The van der Waals surface area contributed by atoms with Crippen LogP contribution in [0.25, 0.3) is 0 Å².